The number of nitrogens with zero attached hydrogens (tertiary/aromatic N) is 2. The smallest absolute Gasteiger partial charge is 0.311 e. The zero-order chi connectivity index (χ0) is 23.9. The predicted octanol–water partition coefficient (Wildman–Crippen LogP) is 3.70. The van der Waals surface area contributed by atoms with Gasteiger partial charge in [0, 0.05) is 47.5 Å². The summed E-state index contributed by atoms with van der Waals surface area (Å²) in [7, 11) is 1.57. The number of allylic oxidation sites excluding steroid dienone is 2. The minimum atomic E-state index is -1.77. The van der Waals surface area contributed by atoms with Crippen molar-refractivity contribution in [2.24, 2.45) is 5.92 Å². The van der Waals surface area contributed by atoms with E-state index in [0.717, 1.165) is 0 Å². The molecule has 0 aromatic heterocycles. The van der Waals surface area contributed by atoms with E-state index in [1.807, 2.05) is 0 Å². The molecule has 0 saturated carbocycles. The number of ether oxygens (including phenoxy) is 1. The third-order valence-electron chi connectivity index (χ3n) is 6.30. The first-order chi connectivity index (χ1) is 15.7. The standard InChI is InChI=1S/C24H21ClN2O6/c1-3-33-22(29)18-13-19(25)16(12-14-8-10-15(11-9-14)27(31)32)21(28)24(18)17-6-4-5-7-20(17)26(2)23(24)30/h4-11,18H,3,12-13H2,1-2H3/t18-,24+/m0/s1. The summed E-state index contributed by atoms with van der Waals surface area (Å²) < 4.78 is 5.25. The third-order valence-corrected chi connectivity index (χ3v) is 6.68. The lowest BCUT2D eigenvalue weighted by Gasteiger charge is -2.38. The van der Waals surface area contributed by atoms with Crippen molar-refractivity contribution in [1.82, 2.24) is 0 Å². The number of halogens is 1. The number of ketones is 1. The lowest BCUT2D eigenvalue weighted by molar-refractivity contribution is -0.384. The highest BCUT2D eigenvalue weighted by Crippen LogP contribution is 2.53. The molecule has 0 N–H and O–H groups in total. The van der Waals surface area contributed by atoms with Crippen LogP contribution < -0.4 is 4.90 Å². The molecular formula is C24H21ClN2O6. The fourth-order valence-corrected chi connectivity index (χ4v) is 5.05. The van der Waals surface area contributed by atoms with Crippen LogP contribution in [-0.2, 0) is 31.0 Å². The van der Waals surface area contributed by atoms with E-state index in [4.69, 9.17) is 16.3 Å². The Morgan fingerprint density at radius 1 is 1.21 bits per heavy atom. The molecule has 170 valence electrons. The highest BCUT2D eigenvalue weighted by Gasteiger charge is 2.64. The molecule has 0 radical (unpaired) electrons. The monoisotopic (exact) mass is 468 g/mol. The Morgan fingerprint density at radius 3 is 2.52 bits per heavy atom. The van der Waals surface area contributed by atoms with E-state index in [1.54, 1.807) is 50.4 Å². The number of para-hydroxylation sites is 1. The maximum atomic E-state index is 14.1. The molecule has 4 rings (SSSR count). The molecule has 1 amide bonds. The first-order valence-corrected chi connectivity index (χ1v) is 10.8. The number of fused-ring (bicyclic) bond motifs is 2. The molecule has 1 aliphatic heterocycles. The van der Waals surface area contributed by atoms with Crippen molar-refractivity contribution >= 4 is 40.6 Å². The minimum Gasteiger partial charge on any atom is -0.466 e. The molecule has 0 saturated heterocycles. The van der Waals surface area contributed by atoms with E-state index in [-0.39, 0.29) is 35.7 Å². The predicted molar refractivity (Wildman–Crippen MR) is 121 cm³/mol. The van der Waals surface area contributed by atoms with Crippen molar-refractivity contribution in [2.45, 2.75) is 25.2 Å². The number of nitro benzene ring substituents is 1. The summed E-state index contributed by atoms with van der Waals surface area (Å²) in [6, 6.07) is 12.7. The van der Waals surface area contributed by atoms with Crippen LogP contribution in [0.3, 0.4) is 0 Å². The number of anilines is 1. The van der Waals surface area contributed by atoms with Crippen LogP contribution in [0.5, 0.6) is 0 Å². The lowest BCUT2D eigenvalue weighted by Crippen LogP contribution is -2.56. The van der Waals surface area contributed by atoms with Gasteiger partial charge in [-0.25, -0.2) is 0 Å². The Labute approximate surface area is 194 Å². The molecule has 1 heterocycles. The second-order valence-electron chi connectivity index (χ2n) is 8.01. The SMILES string of the molecule is CCOC(=O)[C@@H]1CC(Cl)=C(Cc2ccc([N+](=O)[O-])cc2)C(=O)[C@]12C(=O)N(C)c1ccccc12. The number of carbonyl (C=O) groups excluding carboxylic acids is 3. The fourth-order valence-electron chi connectivity index (χ4n) is 4.74. The minimum absolute atomic E-state index is 0.0254. The van der Waals surface area contributed by atoms with Crippen LogP contribution in [0.4, 0.5) is 11.4 Å². The van der Waals surface area contributed by atoms with Crippen LogP contribution in [0, 0.1) is 16.0 Å². The number of hydrogen-bond acceptors (Lipinski definition) is 6. The zero-order valence-corrected chi connectivity index (χ0v) is 18.8. The Kier molecular flexibility index (Phi) is 5.80. The molecule has 2 aliphatic rings. The molecule has 0 bridgehead atoms. The first kappa shape index (κ1) is 22.7. The highest BCUT2D eigenvalue weighted by atomic mass is 35.5. The van der Waals surface area contributed by atoms with Gasteiger partial charge in [0.05, 0.1) is 17.4 Å². The summed E-state index contributed by atoms with van der Waals surface area (Å²) in [6.45, 7) is 1.76. The molecule has 2 aromatic carbocycles. The average Bonchev–Trinajstić information content (AvgIpc) is 3.02. The van der Waals surface area contributed by atoms with Gasteiger partial charge in [-0.3, -0.25) is 24.5 Å². The van der Waals surface area contributed by atoms with E-state index in [1.165, 1.54) is 17.0 Å². The summed E-state index contributed by atoms with van der Waals surface area (Å²) in [6.07, 6.45) is 0.0501. The molecule has 33 heavy (non-hydrogen) atoms. The van der Waals surface area contributed by atoms with Crippen molar-refractivity contribution in [3.63, 3.8) is 0 Å². The van der Waals surface area contributed by atoms with Crippen LogP contribution in [0.1, 0.15) is 24.5 Å². The van der Waals surface area contributed by atoms with Crippen LogP contribution >= 0.6 is 11.6 Å². The summed E-state index contributed by atoms with van der Waals surface area (Å²) in [4.78, 5) is 52.5. The molecule has 1 spiro atoms. The molecular weight excluding hydrogens is 448 g/mol. The number of esters is 1. The maximum Gasteiger partial charge on any atom is 0.311 e. The normalized spacial score (nSPS) is 22.0. The Bertz CT molecular complexity index is 1210. The molecule has 0 unspecified atom stereocenters. The Balaban J connectivity index is 1.85. The van der Waals surface area contributed by atoms with E-state index in [9.17, 15) is 24.5 Å². The van der Waals surface area contributed by atoms with Gasteiger partial charge in [-0.2, -0.15) is 0 Å². The maximum absolute atomic E-state index is 14.1. The van der Waals surface area contributed by atoms with Gasteiger partial charge in [-0.15, -0.1) is 0 Å². The van der Waals surface area contributed by atoms with Gasteiger partial charge in [0.15, 0.2) is 11.2 Å². The van der Waals surface area contributed by atoms with Gasteiger partial charge < -0.3 is 9.64 Å². The van der Waals surface area contributed by atoms with Crippen molar-refractivity contribution in [3.8, 4) is 0 Å². The number of hydrogen-bond donors (Lipinski definition) is 0. The van der Waals surface area contributed by atoms with Gasteiger partial charge in [0.25, 0.3) is 5.69 Å². The molecule has 8 nitrogen and oxygen atoms in total. The molecule has 9 heteroatoms. The van der Waals surface area contributed by atoms with Crippen LogP contribution in [0.2, 0.25) is 0 Å². The van der Waals surface area contributed by atoms with Crippen molar-refractivity contribution < 1.29 is 24.0 Å². The fraction of sp³-hybridized carbons (Fsp3) is 0.292. The number of benzene rings is 2. The summed E-state index contributed by atoms with van der Waals surface area (Å²) in [5, 5.41) is 11.1. The van der Waals surface area contributed by atoms with Crippen LogP contribution in [0.15, 0.2) is 59.1 Å². The summed E-state index contributed by atoms with van der Waals surface area (Å²) in [5.74, 6) is -2.80. The first-order valence-electron chi connectivity index (χ1n) is 10.4. The number of amides is 1. The highest BCUT2D eigenvalue weighted by molar-refractivity contribution is 6.37. The van der Waals surface area contributed by atoms with Crippen LogP contribution in [0.25, 0.3) is 0 Å². The number of rotatable bonds is 5. The van der Waals surface area contributed by atoms with Gasteiger partial charge in [0.2, 0.25) is 5.91 Å². The molecule has 1 aliphatic carbocycles. The zero-order valence-electron chi connectivity index (χ0n) is 18.0. The molecule has 2 aromatic rings. The summed E-state index contributed by atoms with van der Waals surface area (Å²) in [5.41, 5.74) is -0.00656. The Morgan fingerprint density at radius 2 is 1.88 bits per heavy atom. The lowest BCUT2D eigenvalue weighted by atomic mass is 9.61. The van der Waals surface area contributed by atoms with Crippen molar-refractivity contribution in [1.29, 1.82) is 0 Å². The number of non-ortho nitro benzene ring substituents is 1. The van der Waals surface area contributed by atoms with Gasteiger partial charge >= 0.3 is 5.97 Å². The van der Waals surface area contributed by atoms with E-state index < -0.39 is 33.9 Å². The second-order valence-corrected chi connectivity index (χ2v) is 8.47. The van der Waals surface area contributed by atoms with E-state index >= 15 is 0 Å². The van der Waals surface area contributed by atoms with Gasteiger partial charge in [0.1, 0.15) is 0 Å². The average molecular weight is 469 g/mol. The van der Waals surface area contributed by atoms with E-state index in [2.05, 4.69) is 0 Å². The van der Waals surface area contributed by atoms with Crippen LogP contribution in [-0.4, -0.2) is 36.2 Å². The van der Waals surface area contributed by atoms with Gasteiger partial charge in [-0.1, -0.05) is 41.9 Å². The largest absolute Gasteiger partial charge is 0.466 e. The second kappa shape index (κ2) is 8.44. The molecule has 0 fully saturated rings. The van der Waals surface area contributed by atoms with Gasteiger partial charge in [-0.05, 0) is 25.0 Å². The molecule has 2 atom stereocenters. The third kappa shape index (κ3) is 3.41. The Hall–Kier alpha value is -3.52. The number of likely N-dealkylation sites (N-methyl/N-ethyl adjacent to an activating group) is 1. The quantitative estimate of drug-likeness (QED) is 0.286. The summed E-state index contributed by atoms with van der Waals surface area (Å²) >= 11 is 6.54. The van der Waals surface area contributed by atoms with Crippen molar-refractivity contribution in [2.75, 3.05) is 18.6 Å². The number of nitro groups is 1. The van der Waals surface area contributed by atoms with Crippen molar-refractivity contribution in [3.05, 3.63) is 80.4 Å². The number of carbonyl (C=O) groups is 3. The topological polar surface area (TPSA) is 107 Å². The van der Waals surface area contributed by atoms with E-state index in [0.29, 0.717) is 16.8 Å². The number of Topliss-reactive ketones (excluding diaryl/α,β-unsaturated/α-hetero) is 1.